The Morgan fingerprint density at radius 3 is 2.83 bits per heavy atom. The van der Waals surface area contributed by atoms with Gasteiger partial charge in [-0.25, -0.2) is 0 Å². The second kappa shape index (κ2) is 4.33. The Balaban J connectivity index is 1.93. The summed E-state index contributed by atoms with van der Waals surface area (Å²) in [6, 6.07) is 9.63. The lowest BCUT2D eigenvalue weighted by atomic mass is 10.2. The fourth-order valence-corrected chi connectivity index (χ4v) is 2.68. The van der Waals surface area contributed by atoms with Crippen LogP contribution in [0.1, 0.15) is 18.6 Å². The van der Waals surface area contributed by atoms with E-state index in [9.17, 15) is 0 Å². The number of alkyl halides is 1. The van der Waals surface area contributed by atoms with Crippen LogP contribution in [0.15, 0.2) is 28.7 Å². The van der Waals surface area contributed by atoms with Gasteiger partial charge in [0, 0.05) is 10.7 Å². The molecule has 1 heterocycles. The van der Waals surface area contributed by atoms with Gasteiger partial charge in [-0.1, -0.05) is 28.1 Å². The lowest BCUT2D eigenvalue weighted by molar-refractivity contribution is 0.250. The Morgan fingerprint density at radius 1 is 1.39 bits per heavy atom. The minimum atomic E-state index is 0.255. The molecule has 2 aromatic rings. The third-order valence-corrected chi connectivity index (χ3v) is 4.60. The summed E-state index contributed by atoms with van der Waals surface area (Å²) in [5.41, 5.74) is 0.957. The number of halogens is 1. The molecule has 0 bridgehead atoms. The first kappa shape index (κ1) is 11.6. The van der Waals surface area contributed by atoms with Crippen LogP contribution in [-0.4, -0.2) is 11.9 Å². The SMILES string of the molecule is N#Cc1oc2ccccc2c1OCC1(CBr)CC1. The van der Waals surface area contributed by atoms with Gasteiger partial charge in [-0.2, -0.15) is 5.26 Å². The van der Waals surface area contributed by atoms with Crippen molar-refractivity contribution in [3.63, 3.8) is 0 Å². The number of nitriles is 1. The topological polar surface area (TPSA) is 46.2 Å². The van der Waals surface area contributed by atoms with Gasteiger partial charge in [-0.3, -0.25) is 0 Å². The Kier molecular flexibility index (Phi) is 2.79. The van der Waals surface area contributed by atoms with Crippen molar-refractivity contribution in [3.05, 3.63) is 30.0 Å². The molecule has 4 heteroatoms. The molecule has 0 radical (unpaired) electrons. The van der Waals surface area contributed by atoms with Crippen molar-refractivity contribution in [1.82, 2.24) is 0 Å². The number of fused-ring (bicyclic) bond motifs is 1. The first-order valence-electron chi connectivity index (χ1n) is 5.88. The Hall–Kier alpha value is -1.47. The molecular formula is C14H12BrNO2. The Labute approximate surface area is 113 Å². The van der Waals surface area contributed by atoms with Crippen LogP contribution in [0.5, 0.6) is 5.75 Å². The predicted molar refractivity (Wildman–Crippen MR) is 71.9 cm³/mol. The molecule has 0 aliphatic heterocycles. The number of hydrogen-bond donors (Lipinski definition) is 0. The predicted octanol–water partition coefficient (Wildman–Crippen LogP) is 3.86. The average molecular weight is 306 g/mol. The van der Waals surface area contributed by atoms with Crippen molar-refractivity contribution in [1.29, 1.82) is 5.26 Å². The fraction of sp³-hybridized carbons (Fsp3) is 0.357. The smallest absolute Gasteiger partial charge is 0.246 e. The molecule has 0 atom stereocenters. The van der Waals surface area contributed by atoms with Crippen molar-refractivity contribution in [2.45, 2.75) is 12.8 Å². The largest absolute Gasteiger partial charge is 0.488 e. The second-order valence-electron chi connectivity index (χ2n) is 4.79. The summed E-state index contributed by atoms with van der Waals surface area (Å²) in [5, 5.41) is 10.9. The Morgan fingerprint density at radius 2 is 2.17 bits per heavy atom. The van der Waals surface area contributed by atoms with Gasteiger partial charge in [0.1, 0.15) is 11.7 Å². The maximum atomic E-state index is 9.09. The summed E-state index contributed by atoms with van der Waals surface area (Å²) in [5.74, 6) is 0.849. The van der Waals surface area contributed by atoms with Crippen LogP contribution >= 0.6 is 15.9 Å². The molecule has 0 N–H and O–H groups in total. The van der Waals surface area contributed by atoms with Crippen molar-refractivity contribution >= 4 is 26.9 Å². The number of benzene rings is 1. The van der Waals surface area contributed by atoms with Gasteiger partial charge in [-0.15, -0.1) is 0 Å². The van der Waals surface area contributed by atoms with E-state index < -0.39 is 0 Å². The fourth-order valence-electron chi connectivity index (χ4n) is 1.96. The summed E-state index contributed by atoms with van der Waals surface area (Å²) in [6.07, 6.45) is 2.35. The summed E-state index contributed by atoms with van der Waals surface area (Å²) in [4.78, 5) is 0. The van der Waals surface area contributed by atoms with Gasteiger partial charge in [0.2, 0.25) is 5.76 Å². The van der Waals surface area contributed by atoms with E-state index in [0.29, 0.717) is 17.9 Å². The number of rotatable bonds is 4. The standard InChI is InChI=1S/C14H12BrNO2/c15-8-14(5-6-14)9-17-13-10-3-1-2-4-11(10)18-12(13)7-16/h1-4H,5-6,8-9H2. The molecule has 3 nitrogen and oxygen atoms in total. The van der Waals surface area contributed by atoms with Gasteiger partial charge in [0.05, 0.1) is 12.0 Å². The van der Waals surface area contributed by atoms with Gasteiger partial charge < -0.3 is 9.15 Å². The van der Waals surface area contributed by atoms with E-state index in [-0.39, 0.29) is 11.2 Å². The summed E-state index contributed by atoms with van der Waals surface area (Å²) >= 11 is 3.51. The van der Waals surface area contributed by atoms with E-state index in [1.54, 1.807) is 0 Å². The van der Waals surface area contributed by atoms with Crippen molar-refractivity contribution in [2.75, 3.05) is 11.9 Å². The van der Waals surface area contributed by atoms with Gasteiger partial charge in [0.15, 0.2) is 5.75 Å². The maximum Gasteiger partial charge on any atom is 0.246 e. The molecular weight excluding hydrogens is 294 g/mol. The highest BCUT2D eigenvalue weighted by Crippen LogP contribution is 2.48. The number of furan rings is 1. The molecule has 0 saturated heterocycles. The molecule has 18 heavy (non-hydrogen) atoms. The molecule has 1 saturated carbocycles. The lowest BCUT2D eigenvalue weighted by Gasteiger charge is -2.12. The zero-order valence-corrected chi connectivity index (χ0v) is 11.4. The van der Waals surface area contributed by atoms with Crippen LogP contribution in [0.4, 0.5) is 0 Å². The number of hydrogen-bond acceptors (Lipinski definition) is 3. The maximum absolute atomic E-state index is 9.09. The number of nitrogens with zero attached hydrogens (tertiary/aromatic N) is 1. The van der Waals surface area contributed by atoms with Crippen molar-refractivity contribution in [3.8, 4) is 11.8 Å². The molecule has 0 amide bonds. The molecule has 1 aliphatic carbocycles. The van der Waals surface area contributed by atoms with E-state index in [0.717, 1.165) is 10.7 Å². The quantitative estimate of drug-likeness (QED) is 0.806. The van der Waals surface area contributed by atoms with E-state index in [1.165, 1.54) is 12.8 Å². The Bertz CT molecular complexity index is 622. The van der Waals surface area contributed by atoms with Crippen LogP contribution in [0.3, 0.4) is 0 Å². The van der Waals surface area contributed by atoms with Crippen LogP contribution < -0.4 is 4.74 Å². The first-order chi connectivity index (χ1) is 8.78. The molecule has 0 unspecified atom stereocenters. The zero-order chi connectivity index (χ0) is 12.6. The van der Waals surface area contributed by atoms with Crippen LogP contribution in [-0.2, 0) is 0 Å². The average Bonchev–Trinajstić information content (AvgIpc) is 3.11. The van der Waals surface area contributed by atoms with E-state index >= 15 is 0 Å². The van der Waals surface area contributed by atoms with Crippen LogP contribution in [0.25, 0.3) is 11.0 Å². The van der Waals surface area contributed by atoms with Gasteiger partial charge >= 0.3 is 0 Å². The molecule has 1 aromatic heterocycles. The third-order valence-electron chi connectivity index (χ3n) is 3.41. The second-order valence-corrected chi connectivity index (χ2v) is 5.35. The van der Waals surface area contributed by atoms with E-state index in [4.69, 9.17) is 14.4 Å². The van der Waals surface area contributed by atoms with E-state index in [1.807, 2.05) is 24.3 Å². The van der Waals surface area contributed by atoms with Gasteiger partial charge in [0.25, 0.3) is 0 Å². The highest BCUT2D eigenvalue weighted by Gasteiger charge is 2.42. The number of ether oxygens (including phenoxy) is 1. The normalized spacial score (nSPS) is 16.4. The minimum absolute atomic E-state index is 0.255. The van der Waals surface area contributed by atoms with Crippen molar-refractivity contribution < 1.29 is 9.15 Å². The highest BCUT2D eigenvalue weighted by molar-refractivity contribution is 9.09. The molecule has 1 aromatic carbocycles. The molecule has 1 aliphatic rings. The zero-order valence-electron chi connectivity index (χ0n) is 9.78. The van der Waals surface area contributed by atoms with Crippen molar-refractivity contribution in [2.24, 2.45) is 5.41 Å². The third kappa shape index (κ3) is 1.89. The van der Waals surface area contributed by atoms with Crippen LogP contribution in [0, 0.1) is 16.7 Å². The summed E-state index contributed by atoms with van der Waals surface area (Å²) < 4.78 is 11.3. The minimum Gasteiger partial charge on any atom is -0.488 e. The lowest BCUT2D eigenvalue weighted by Crippen LogP contribution is -2.14. The highest BCUT2D eigenvalue weighted by atomic mass is 79.9. The summed E-state index contributed by atoms with van der Waals surface area (Å²) in [6.45, 7) is 0.635. The first-order valence-corrected chi connectivity index (χ1v) is 7.00. The summed E-state index contributed by atoms with van der Waals surface area (Å²) in [7, 11) is 0. The monoisotopic (exact) mass is 305 g/mol. The van der Waals surface area contributed by atoms with Gasteiger partial charge in [-0.05, 0) is 25.0 Å². The molecule has 0 spiro atoms. The van der Waals surface area contributed by atoms with Crippen LogP contribution in [0.2, 0.25) is 0 Å². The molecule has 92 valence electrons. The molecule has 1 fully saturated rings. The number of para-hydroxylation sites is 1. The van der Waals surface area contributed by atoms with E-state index in [2.05, 4.69) is 22.0 Å². The molecule has 3 rings (SSSR count).